The van der Waals surface area contributed by atoms with Gasteiger partial charge in [-0.3, -0.25) is 4.79 Å². The van der Waals surface area contributed by atoms with Crippen LogP contribution < -0.4 is 5.32 Å². The quantitative estimate of drug-likeness (QED) is 0.898. The third-order valence-electron chi connectivity index (χ3n) is 2.11. The topological polar surface area (TPSA) is 49.3 Å². The van der Waals surface area contributed by atoms with Crippen LogP contribution in [-0.4, -0.2) is 23.7 Å². The molecular formula is C11H13BrClNO2. The maximum Gasteiger partial charge on any atom is 0.252 e. The predicted molar refractivity (Wildman–Crippen MR) is 67.8 cm³/mol. The van der Waals surface area contributed by atoms with E-state index in [0.29, 0.717) is 21.5 Å². The lowest BCUT2D eigenvalue weighted by Gasteiger charge is -2.13. The van der Waals surface area contributed by atoms with Crippen molar-refractivity contribution in [2.45, 2.75) is 19.4 Å². The molecule has 1 aromatic rings. The number of nitrogens with one attached hydrogen (secondary N) is 1. The van der Waals surface area contributed by atoms with Gasteiger partial charge in [0, 0.05) is 22.1 Å². The highest BCUT2D eigenvalue weighted by atomic mass is 79.9. The van der Waals surface area contributed by atoms with Gasteiger partial charge in [0.2, 0.25) is 0 Å². The van der Waals surface area contributed by atoms with Crippen LogP contribution in [-0.2, 0) is 0 Å². The minimum Gasteiger partial charge on any atom is -0.396 e. The molecule has 1 unspecified atom stereocenters. The van der Waals surface area contributed by atoms with Crippen LogP contribution in [0.4, 0.5) is 0 Å². The first kappa shape index (κ1) is 13.5. The van der Waals surface area contributed by atoms with Crippen molar-refractivity contribution in [3.05, 3.63) is 33.3 Å². The monoisotopic (exact) mass is 305 g/mol. The number of halogens is 2. The van der Waals surface area contributed by atoms with Crippen molar-refractivity contribution < 1.29 is 9.90 Å². The van der Waals surface area contributed by atoms with Gasteiger partial charge in [-0.15, -0.1) is 0 Å². The summed E-state index contributed by atoms with van der Waals surface area (Å²) in [5.74, 6) is -0.199. The van der Waals surface area contributed by atoms with E-state index < -0.39 is 0 Å². The van der Waals surface area contributed by atoms with Crippen molar-refractivity contribution in [2.24, 2.45) is 0 Å². The van der Waals surface area contributed by atoms with Gasteiger partial charge in [-0.25, -0.2) is 0 Å². The number of benzene rings is 1. The van der Waals surface area contributed by atoms with Gasteiger partial charge < -0.3 is 10.4 Å². The van der Waals surface area contributed by atoms with E-state index in [4.69, 9.17) is 16.7 Å². The van der Waals surface area contributed by atoms with Crippen molar-refractivity contribution in [3.8, 4) is 0 Å². The number of aliphatic hydroxyl groups is 1. The van der Waals surface area contributed by atoms with E-state index in [2.05, 4.69) is 21.2 Å². The summed E-state index contributed by atoms with van der Waals surface area (Å²) < 4.78 is 0.700. The molecule has 1 amide bonds. The number of hydrogen-bond acceptors (Lipinski definition) is 2. The molecule has 0 aliphatic carbocycles. The van der Waals surface area contributed by atoms with E-state index in [1.54, 1.807) is 18.2 Å². The second-order valence-corrected chi connectivity index (χ2v) is 4.80. The van der Waals surface area contributed by atoms with Crippen LogP contribution in [0.2, 0.25) is 5.02 Å². The standard InChI is InChI=1S/C11H13BrClNO2/c1-7(4-5-15)14-11(16)9-6-8(13)2-3-10(9)12/h2-3,6-7,15H,4-5H2,1H3,(H,14,16). The van der Waals surface area contributed by atoms with E-state index >= 15 is 0 Å². The normalized spacial score (nSPS) is 12.2. The van der Waals surface area contributed by atoms with Crippen molar-refractivity contribution in [1.82, 2.24) is 5.32 Å². The molecule has 88 valence electrons. The summed E-state index contributed by atoms with van der Waals surface area (Å²) in [7, 11) is 0. The van der Waals surface area contributed by atoms with E-state index in [0.717, 1.165) is 0 Å². The van der Waals surface area contributed by atoms with E-state index in [9.17, 15) is 4.79 Å². The largest absolute Gasteiger partial charge is 0.396 e. The van der Waals surface area contributed by atoms with E-state index in [1.807, 2.05) is 6.92 Å². The van der Waals surface area contributed by atoms with Crippen LogP contribution in [0.1, 0.15) is 23.7 Å². The van der Waals surface area contributed by atoms with Crippen LogP contribution in [0.25, 0.3) is 0 Å². The Hall–Kier alpha value is -0.580. The first-order chi connectivity index (χ1) is 7.54. The molecule has 0 bridgehead atoms. The fourth-order valence-corrected chi connectivity index (χ4v) is 1.84. The van der Waals surface area contributed by atoms with Gasteiger partial charge in [-0.1, -0.05) is 11.6 Å². The van der Waals surface area contributed by atoms with Crippen molar-refractivity contribution in [1.29, 1.82) is 0 Å². The summed E-state index contributed by atoms with van der Waals surface area (Å²) in [5.41, 5.74) is 0.497. The molecule has 0 aliphatic rings. The molecule has 0 aromatic heterocycles. The Kier molecular flexibility index (Phi) is 5.25. The molecule has 0 aliphatic heterocycles. The van der Waals surface area contributed by atoms with Crippen LogP contribution in [0, 0.1) is 0 Å². The van der Waals surface area contributed by atoms with Gasteiger partial charge in [0.1, 0.15) is 0 Å². The van der Waals surface area contributed by atoms with E-state index in [-0.39, 0.29) is 18.6 Å². The second kappa shape index (κ2) is 6.23. The molecule has 0 saturated carbocycles. The molecule has 5 heteroatoms. The Morgan fingerprint density at radius 1 is 1.62 bits per heavy atom. The number of carbonyl (C=O) groups excluding carboxylic acids is 1. The van der Waals surface area contributed by atoms with Gasteiger partial charge in [0.15, 0.2) is 0 Å². The van der Waals surface area contributed by atoms with Crippen molar-refractivity contribution >= 4 is 33.4 Å². The zero-order valence-corrected chi connectivity index (χ0v) is 11.2. The Balaban J connectivity index is 2.76. The SMILES string of the molecule is CC(CCO)NC(=O)c1cc(Cl)ccc1Br. The zero-order chi connectivity index (χ0) is 12.1. The first-order valence-electron chi connectivity index (χ1n) is 4.91. The molecule has 0 spiro atoms. The van der Waals surface area contributed by atoms with Crippen LogP contribution >= 0.6 is 27.5 Å². The van der Waals surface area contributed by atoms with Crippen LogP contribution in [0.15, 0.2) is 22.7 Å². The fourth-order valence-electron chi connectivity index (χ4n) is 1.24. The van der Waals surface area contributed by atoms with Gasteiger partial charge in [-0.05, 0) is 47.5 Å². The minimum absolute atomic E-state index is 0.0537. The van der Waals surface area contributed by atoms with Gasteiger partial charge in [-0.2, -0.15) is 0 Å². The number of hydrogen-bond donors (Lipinski definition) is 2. The lowest BCUT2D eigenvalue weighted by atomic mass is 10.2. The number of rotatable bonds is 4. The summed E-state index contributed by atoms with van der Waals surface area (Å²) in [5, 5.41) is 12.0. The van der Waals surface area contributed by atoms with Gasteiger partial charge in [0.05, 0.1) is 5.56 Å². The summed E-state index contributed by atoms with van der Waals surface area (Å²) in [6, 6.07) is 4.98. The summed E-state index contributed by atoms with van der Waals surface area (Å²) in [4.78, 5) is 11.8. The Labute approximate surface area is 108 Å². The highest BCUT2D eigenvalue weighted by Crippen LogP contribution is 2.21. The van der Waals surface area contributed by atoms with Gasteiger partial charge in [0.25, 0.3) is 5.91 Å². The maximum atomic E-state index is 11.8. The summed E-state index contributed by atoms with van der Waals surface area (Å²) in [6.07, 6.45) is 0.532. The molecule has 1 aromatic carbocycles. The number of amides is 1. The molecule has 1 atom stereocenters. The van der Waals surface area contributed by atoms with Gasteiger partial charge >= 0.3 is 0 Å². The number of aliphatic hydroxyl groups excluding tert-OH is 1. The lowest BCUT2D eigenvalue weighted by molar-refractivity contribution is 0.0933. The first-order valence-corrected chi connectivity index (χ1v) is 6.08. The third-order valence-corrected chi connectivity index (χ3v) is 3.04. The molecule has 0 heterocycles. The average Bonchev–Trinajstić information content (AvgIpc) is 2.21. The Morgan fingerprint density at radius 2 is 2.31 bits per heavy atom. The molecular weight excluding hydrogens is 293 g/mol. The predicted octanol–water partition coefficient (Wildman–Crippen LogP) is 2.60. The second-order valence-electron chi connectivity index (χ2n) is 3.51. The third kappa shape index (κ3) is 3.77. The lowest BCUT2D eigenvalue weighted by Crippen LogP contribution is -2.33. The highest BCUT2D eigenvalue weighted by Gasteiger charge is 2.12. The molecule has 3 nitrogen and oxygen atoms in total. The molecule has 0 saturated heterocycles. The maximum absolute atomic E-state index is 11.8. The van der Waals surface area contributed by atoms with Crippen LogP contribution in [0.3, 0.4) is 0 Å². The molecule has 0 radical (unpaired) electrons. The smallest absolute Gasteiger partial charge is 0.252 e. The average molecular weight is 307 g/mol. The molecule has 16 heavy (non-hydrogen) atoms. The molecule has 2 N–H and O–H groups in total. The van der Waals surface area contributed by atoms with E-state index in [1.165, 1.54) is 0 Å². The van der Waals surface area contributed by atoms with Crippen molar-refractivity contribution in [2.75, 3.05) is 6.61 Å². The summed E-state index contributed by atoms with van der Waals surface area (Å²) >= 11 is 9.11. The molecule has 1 rings (SSSR count). The van der Waals surface area contributed by atoms with Crippen LogP contribution in [0.5, 0.6) is 0 Å². The number of carbonyl (C=O) groups is 1. The fraction of sp³-hybridized carbons (Fsp3) is 0.364. The van der Waals surface area contributed by atoms with Crippen molar-refractivity contribution in [3.63, 3.8) is 0 Å². The highest BCUT2D eigenvalue weighted by molar-refractivity contribution is 9.10. The Bertz CT molecular complexity index is 384. The molecule has 0 fully saturated rings. The zero-order valence-electron chi connectivity index (χ0n) is 8.84. The minimum atomic E-state index is -0.199. The Morgan fingerprint density at radius 3 is 2.94 bits per heavy atom. The summed E-state index contributed by atoms with van der Waals surface area (Å²) in [6.45, 7) is 1.89.